The summed E-state index contributed by atoms with van der Waals surface area (Å²) in [5.41, 5.74) is -0.0644. The fourth-order valence-corrected chi connectivity index (χ4v) is 3.20. The number of hydrogen-bond acceptors (Lipinski definition) is 5. The summed E-state index contributed by atoms with van der Waals surface area (Å²) >= 11 is 0. The number of nitrogens with one attached hydrogen (secondary N) is 2. The predicted molar refractivity (Wildman–Crippen MR) is 115 cm³/mol. The maximum atomic E-state index is 14.0. The van der Waals surface area contributed by atoms with Gasteiger partial charge in [0.15, 0.2) is 11.5 Å². The van der Waals surface area contributed by atoms with Gasteiger partial charge in [-0.1, -0.05) is 19.9 Å². The van der Waals surface area contributed by atoms with E-state index in [4.69, 9.17) is 14.2 Å². The van der Waals surface area contributed by atoms with E-state index in [0.717, 1.165) is 18.2 Å². The second-order valence-corrected chi connectivity index (χ2v) is 7.48. The number of carbonyl (C=O) groups is 2. The van der Waals surface area contributed by atoms with Crippen LogP contribution in [0.1, 0.15) is 42.7 Å². The average Bonchev–Trinajstić information content (AvgIpc) is 2.75. The quantitative estimate of drug-likeness (QED) is 0.610. The Bertz CT molecular complexity index is 936. The number of benzene rings is 2. The van der Waals surface area contributed by atoms with Crippen LogP contribution in [0.25, 0.3) is 0 Å². The van der Waals surface area contributed by atoms with Crippen molar-refractivity contribution in [3.8, 4) is 17.2 Å². The molecule has 2 aromatic carbocycles. The number of methoxy groups -OCH3 is 3. The lowest BCUT2D eigenvalue weighted by Crippen LogP contribution is -2.50. The summed E-state index contributed by atoms with van der Waals surface area (Å²) in [5.74, 6) is -2.61. The van der Waals surface area contributed by atoms with Crippen LogP contribution < -0.4 is 24.8 Å². The van der Waals surface area contributed by atoms with Crippen molar-refractivity contribution in [1.82, 2.24) is 10.6 Å². The van der Waals surface area contributed by atoms with Crippen molar-refractivity contribution in [1.29, 1.82) is 0 Å². The van der Waals surface area contributed by atoms with E-state index in [1.165, 1.54) is 21.3 Å². The molecule has 2 N–H and O–H groups in total. The second kappa shape index (κ2) is 10.8. The van der Waals surface area contributed by atoms with Crippen LogP contribution in [0.2, 0.25) is 0 Å². The molecule has 2 aromatic rings. The Morgan fingerprint density at radius 3 is 1.84 bits per heavy atom. The largest absolute Gasteiger partial charge is 0.493 e. The molecule has 2 amide bonds. The average molecular weight is 450 g/mol. The minimum Gasteiger partial charge on any atom is -0.493 e. The molecule has 174 valence electrons. The summed E-state index contributed by atoms with van der Waals surface area (Å²) in [5, 5.41) is 5.24. The second-order valence-electron chi connectivity index (χ2n) is 7.48. The van der Waals surface area contributed by atoms with Gasteiger partial charge in [-0.3, -0.25) is 9.59 Å². The lowest BCUT2D eigenvalue weighted by atomic mass is 10.0. The van der Waals surface area contributed by atoms with E-state index >= 15 is 0 Å². The van der Waals surface area contributed by atoms with Crippen molar-refractivity contribution < 1.29 is 32.6 Å². The van der Waals surface area contributed by atoms with Gasteiger partial charge in [-0.25, -0.2) is 8.78 Å². The highest BCUT2D eigenvalue weighted by Crippen LogP contribution is 2.39. The number of carbonyl (C=O) groups excluding carboxylic acids is 2. The molecular formula is C23H28F2N2O5. The zero-order valence-corrected chi connectivity index (χ0v) is 18.9. The van der Waals surface area contributed by atoms with E-state index in [1.54, 1.807) is 32.9 Å². The Kier molecular flexibility index (Phi) is 8.40. The zero-order chi connectivity index (χ0) is 24.0. The smallest absolute Gasteiger partial charge is 0.257 e. The molecule has 0 saturated heterocycles. The van der Waals surface area contributed by atoms with Crippen LogP contribution in [0, 0.1) is 17.6 Å². The summed E-state index contributed by atoms with van der Waals surface area (Å²) in [6.07, 6.45) is 0. The molecule has 0 bridgehead atoms. The first kappa shape index (κ1) is 24.9. The van der Waals surface area contributed by atoms with Gasteiger partial charge in [-0.15, -0.1) is 0 Å². The molecule has 0 aliphatic rings. The van der Waals surface area contributed by atoms with Crippen molar-refractivity contribution >= 4 is 11.8 Å². The SMILES string of the molecule is COc1cc(C(C)NC(=O)C(NC(=O)c2c(F)cccc2F)C(C)C)cc(OC)c1OC. The van der Waals surface area contributed by atoms with Gasteiger partial charge >= 0.3 is 0 Å². The molecule has 7 nitrogen and oxygen atoms in total. The van der Waals surface area contributed by atoms with Crippen LogP contribution in [0.3, 0.4) is 0 Å². The molecule has 2 unspecified atom stereocenters. The molecule has 0 saturated carbocycles. The molecule has 0 aliphatic heterocycles. The van der Waals surface area contributed by atoms with E-state index in [-0.39, 0.29) is 5.92 Å². The third-order valence-electron chi connectivity index (χ3n) is 4.97. The summed E-state index contributed by atoms with van der Waals surface area (Å²) in [7, 11) is 4.45. The first-order chi connectivity index (χ1) is 15.1. The minimum atomic E-state index is -1.02. The lowest BCUT2D eigenvalue weighted by Gasteiger charge is -2.25. The van der Waals surface area contributed by atoms with Gasteiger partial charge in [0.05, 0.1) is 27.4 Å². The van der Waals surface area contributed by atoms with Gasteiger partial charge in [0.25, 0.3) is 5.91 Å². The summed E-state index contributed by atoms with van der Waals surface area (Å²) in [4.78, 5) is 25.4. The standard InChI is InChI=1S/C23H28F2N2O5/c1-12(2)20(27-22(28)19-15(24)8-7-9-16(19)25)23(29)26-13(3)14-10-17(30-4)21(32-6)18(11-14)31-5/h7-13,20H,1-6H3,(H,26,29)(H,27,28). The van der Waals surface area contributed by atoms with Crippen molar-refractivity contribution in [3.63, 3.8) is 0 Å². The minimum absolute atomic E-state index is 0.346. The Hall–Kier alpha value is -3.36. The van der Waals surface area contributed by atoms with E-state index in [9.17, 15) is 18.4 Å². The van der Waals surface area contributed by atoms with E-state index < -0.39 is 41.1 Å². The van der Waals surface area contributed by atoms with Crippen LogP contribution in [0.5, 0.6) is 17.2 Å². The Morgan fingerprint density at radius 2 is 1.41 bits per heavy atom. The van der Waals surface area contributed by atoms with E-state index in [1.807, 2.05) is 0 Å². The van der Waals surface area contributed by atoms with Crippen molar-refractivity contribution in [2.45, 2.75) is 32.9 Å². The number of hydrogen-bond donors (Lipinski definition) is 2. The number of rotatable bonds is 9. The fourth-order valence-electron chi connectivity index (χ4n) is 3.20. The first-order valence-corrected chi connectivity index (χ1v) is 9.99. The molecule has 0 heterocycles. The highest BCUT2D eigenvalue weighted by molar-refractivity contribution is 5.98. The number of ether oxygens (including phenoxy) is 3. The molecule has 2 atom stereocenters. The summed E-state index contributed by atoms with van der Waals surface area (Å²) in [6, 6.07) is 5.00. The third-order valence-corrected chi connectivity index (χ3v) is 4.97. The Morgan fingerprint density at radius 1 is 0.875 bits per heavy atom. The van der Waals surface area contributed by atoms with Gasteiger partial charge < -0.3 is 24.8 Å². The molecule has 0 spiro atoms. The highest BCUT2D eigenvalue weighted by Gasteiger charge is 2.28. The summed E-state index contributed by atoms with van der Waals surface area (Å²) < 4.78 is 43.9. The van der Waals surface area contributed by atoms with Crippen molar-refractivity contribution in [3.05, 3.63) is 53.1 Å². The lowest BCUT2D eigenvalue weighted by molar-refractivity contribution is -0.124. The predicted octanol–water partition coefficient (Wildman–Crippen LogP) is 3.62. The van der Waals surface area contributed by atoms with Crippen LogP contribution in [0.15, 0.2) is 30.3 Å². The van der Waals surface area contributed by atoms with Crippen LogP contribution in [-0.4, -0.2) is 39.2 Å². The van der Waals surface area contributed by atoms with Crippen LogP contribution in [-0.2, 0) is 4.79 Å². The molecule has 9 heteroatoms. The van der Waals surface area contributed by atoms with Crippen LogP contribution >= 0.6 is 0 Å². The van der Waals surface area contributed by atoms with Crippen molar-refractivity contribution in [2.75, 3.05) is 21.3 Å². The van der Waals surface area contributed by atoms with Gasteiger partial charge in [-0.05, 0) is 42.7 Å². The molecule has 0 aromatic heterocycles. The third kappa shape index (κ3) is 5.46. The number of amides is 2. The highest BCUT2D eigenvalue weighted by atomic mass is 19.1. The topological polar surface area (TPSA) is 85.9 Å². The molecule has 0 aliphatic carbocycles. The fraction of sp³-hybridized carbons (Fsp3) is 0.391. The molecule has 0 radical (unpaired) electrons. The van der Waals surface area contributed by atoms with Gasteiger partial charge in [0, 0.05) is 0 Å². The summed E-state index contributed by atoms with van der Waals surface area (Å²) in [6.45, 7) is 5.17. The van der Waals surface area contributed by atoms with E-state index in [0.29, 0.717) is 22.8 Å². The van der Waals surface area contributed by atoms with Gasteiger partial charge in [0.2, 0.25) is 11.7 Å². The Labute approximate surface area is 186 Å². The van der Waals surface area contributed by atoms with Gasteiger partial charge in [-0.2, -0.15) is 0 Å². The molecule has 2 rings (SSSR count). The van der Waals surface area contributed by atoms with Gasteiger partial charge in [0.1, 0.15) is 23.2 Å². The normalized spacial score (nSPS) is 12.7. The molecule has 0 fully saturated rings. The monoisotopic (exact) mass is 450 g/mol. The maximum absolute atomic E-state index is 14.0. The zero-order valence-electron chi connectivity index (χ0n) is 18.9. The van der Waals surface area contributed by atoms with E-state index in [2.05, 4.69) is 10.6 Å². The van der Waals surface area contributed by atoms with Crippen molar-refractivity contribution in [2.24, 2.45) is 5.92 Å². The Balaban J connectivity index is 2.24. The number of halogens is 2. The van der Waals surface area contributed by atoms with Crippen LogP contribution in [0.4, 0.5) is 8.78 Å². The maximum Gasteiger partial charge on any atom is 0.257 e. The molecular weight excluding hydrogens is 422 g/mol. The first-order valence-electron chi connectivity index (χ1n) is 9.99. The molecule has 32 heavy (non-hydrogen) atoms.